The molecule has 0 aliphatic carbocycles. The second kappa shape index (κ2) is 20.7. The summed E-state index contributed by atoms with van der Waals surface area (Å²) in [4.78, 5) is 30.0. The molecule has 0 bridgehead atoms. The van der Waals surface area contributed by atoms with Gasteiger partial charge in [0.2, 0.25) is 5.91 Å². The van der Waals surface area contributed by atoms with Crippen molar-refractivity contribution in [2.24, 2.45) is 5.73 Å². The van der Waals surface area contributed by atoms with E-state index in [1.54, 1.807) is 12.1 Å². The van der Waals surface area contributed by atoms with Crippen molar-refractivity contribution in [2.45, 2.75) is 48.9 Å². The van der Waals surface area contributed by atoms with Crippen molar-refractivity contribution in [3.05, 3.63) is 72.3 Å². The normalized spacial score (nSPS) is 13.7. The molecule has 3 aromatic rings. The zero-order valence-corrected chi connectivity index (χ0v) is 28.2. The van der Waals surface area contributed by atoms with Gasteiger partial charge in [0.05, 0.1) is 6.42 Å². The Bertz CT molecular complexity index is 1390. The summed E-state index contributed by atoms with van der Waals surface area (Å²) in [6.07, 6.45) is 5.73. The molecule has 10 nitrogen and oxygen atoms in total. The van der Waals surface area contributed by atoms with Crippen LogP contribution in [0.1, 0.15) is 54.6 Å². The predicted octanol–water partition coefficient (Wildman–Crippen LogP) is 8.32. The topological polar surface area (TPSA) is 192 Å². The number of Topliss-reactive ketones (excluding diaryl/α,β-unsaturated/α-hetero) is 1. The molecule has 12 N–H and O–H groups in total. The number of nitrogens with two attached hydrogens (primary N) is 1. The van der Waals surface area contributed by atoms with Gasteiger partial charge in [-0.2, -0.15) is 13.2 Å². The van der Waals surface area contributed by atoms with Crippen molar-refractivity contribution < 1.29 is 33.9 Å². The van der Waals surface area contributed by atoms with Gasteiger partial charge in [-0.05, 0) is 118 Å². The number of piperidine rings is 1. The zero-order valence-electron chi connectivity index (χ0n) is 26.6. The first-order valence-corrected chi connectivity index (χ1v) is 15.3. The highest BCUT2D eigenvalue weighted by molar-refractivity contribution is 8.00. The van der Waals surface area contributed by atoms with Crippen LogP contribution in [0.5, 0.6) is 0 Å². The summed E-state index contributed by atoms with van der Waals surface area (Å²) in [5.41, 5.74) is 5.13. The lowest BCUT2D eigenvalue weighted by atomic mass is 10.1. The summed E-state index contributed by atoms with van der Waals surface area (Å²) in [7, 11) is 1.50. The van der Waals surface area contributed by atoms with E-state index in [-0.39, 0.29) is 64.8 Å². The van der Waals surface area contributed by atoms with Gasteiger partial charge in [0.15, 0.2) is 5.78 Å². The molecule has 0 aromatic heterocycles. The number of benzene rings is 3. The van der Waals surface area contributed by atoms with Gasteiger partial charge in [-0.25, -0.2) is 0 Å². The first kappa shape index (κ1) is 43.5. The maximum absolute atomic E-state index is 12.7. The Labute approximate surface area is 290 Å². The van der Waals surface area contributed by atoms with Crippen LogP contribution in [0.4, 0.5) is 41.6 Å². The van der Waals surface area contributed by atoms with E-state index >= 15 is 0 Å². The van der Waals surface area contributed by atoms with E-state index in [4.69, 9.17) is 0 Å². The highest BCUT2D eigenvalue weighted by Gasteiger charge is 2.29. The van der Waals surface area contributed by atoms with E-state index in [9.17, 15) is 22.8 Å². The summed E-state index contributed by atoms with van der Waals surface area (Å²) in [6, 6.07) is 19.0. The lowest BCUT2D eigenvalue weighted by Crippen LogP contribution is -2.29. The second-order valence-electron chi connectivity index (χ2n) is 10.4. The van der Waals surface area contributed by atoms with Crippen LogP contribution in [0.25, 0.3) is 0 Å². The van der Waals surface area contributed by atoms with Gasteiger partial charge in [0, 0.05) is 70.8 Å². The van der Waals surface area contributed by atoms with E-state index in [2.05, 4.69) is 44.4 Å². The monoisotopic (exact) mass is 709 g/mol. The van der Waals surface area contributed by atoms with Crippen LogP contribution < -0.4 is 38.5 Å². The largest absolute Gasteiger partial charge is 0.446 e. The van der Waals surface area contributed by atoms with E-state index in [1.807, 2.05) is 12.1 Å². The number of anilines is 5. The van der Waals surface area contributed by atoms with Gasteiger partial charge < -0.3 is 43.9 Å². The Hall–Kier alpha value is -3.53. The fraction of sp³-hybridized carbons (Fsp3) is 0.375. The summed E-state index contributed by atoms with van der Waals surface area (Å²) in [6.45, 7) is 4.26. The molecule has 2 saturated heterocycles. The van der Waals surface area contributed by atoms with Crippen LogP contribution in [0.2, 0.25) is 0 Å². The van der Waals surface area contributed by atoms with Crippen LogP contribution in [-0.4, -0.2) is 55.9 Å². The van der Waals surface area contributed by atoms with E-state index in [0.717, 1.165) is 37.6 Å². The quantitative estimate of drug-likeness (QED) is 0.0825. The van der Waals surface area contributed by atoms with Gasteiger partial charge in [0.25, 0.3) is 0 Å². The molecule has 5 rings (SSSR count). The second-order valence-corrected chi connectivity index (χ2v) is 11.5. The van der Waals surface area contributed by atoms with Crippen LogP contribution in [0.3, 0.4) is 0 Å². The number of alkyl halides is 3. The molecule has 2 aliphatic heterocycles. The van der Waals surface area contributed by atoms with Gasteiger partial charge in [-0.1, -0.05) is 0 Å². The van der Waals surface area contributed by atoms with Crippen LogP contribution >= 0.6 is 24.2 Å². The Morgan fingerprint density at radius 2 is 1.23 bits per heavy atom. The fourth-order valence-electron chi connectivity index (χ4n) is 5.26. The molecule has 270 valence electrons. The molecule has 0 saturated carbocycles. The summed E-state index contributed by atoms with van der Waals surface area (Å²) in [5, 5.41) is 6.06. The SMILES string of the molecule is CN.Cl.N.N.O.O=C(CC(=O)c1ccc(Nc2cc(N3CCCCC3)cc(N3CCCC3)c2)cc1)Nc1ccc(SC(F)(F)F)cc1.[HH].[HH].[HH].[HH]. The number of rotatable bonds is 9. The molecule has 2 heterocycles. The third kappa shape index (κ3) is 13.2. The highest BCUT2D eigenvalue weighted by Crippen LogP contribution is 2.37. The van der Waals surface area contributed by atoms with Crippen LogP contribution in [-0.2, 0) is 4.79 Å². The van der Waals surface area contributed by atoms with Crippen LogP contribution in [0.15, 0.2) is 71.6 Å². The molecule has 0 unspecified atom stereocenters. The molecule has 2 aliphatic rings. The first-order chi connectivity index (χ1) is 20.7. The smallest absolute Gasteiger partial charge is 0.412 e. The van der Waals surface area contributed by atoms with Crippen molar-refractivity contribution in [2.75, 3.05) is 53.7 Å². The molecule has 2 fully saturated rings. The Kier molecular flexibility index (Phi) is 19.1. The predicted molar refractivity (Wildman–Crippen MR) is 199 cm³/mol. The Morgan fingerprint density at radius 3 is 1.72 bits per heavy atom. The Morgan fingerprint density at radius 1 is 0.766 bits per heavy atom. The number of ketones is 1. The molecular formula is C32H55ClF3N7O3S. The lowest BCUT2D eigenvalue weighted by Gasteiger charge is -2.31. The maximum Gasteiger partial charge on any atom is 0.446 e. The maximum atomic E-state index is 12.7. The molecule has 0 radical (unpaired) electrons. The van der Waals surface area contributed by atoms with Crippen molar-refractivity contribution >= 4 is 64.3 Å². The fourth-order valence-corrected chi connectivity index (χ4v) is 5.80. The first-order valence-electron chi connectivity index (χ1n) is 14.5. The molecule has 0 atom stereocenters. The number of thioether (sulfide) groups is 1. The summed E-state index contributed by atoms with van der Waals surface area (Å²) < 4.78 is 37.5. The number of carbonyl (C=O) groups is 2. The van der Waals surface area contributed by atoms with E-state index < -0.39 is 11.4 Å². The number of halogens is 4. The van der Waals surface area contributed by atoms with Gasteiger partial charge in [-0.15, -0.1) is 12.4 Å². The average Bonchev–Trinajstić information content (AvgIpc) is 3.55. The number of nitrogens with zero attached hydrogens (tertiary/aromatic N) is 2. The molecule has 3 aromatic carbocycles. The van der Waals surface area contributed by atoms with Gasteiger partial charge >= 0.3 is 5.51 Å². The molecular weight excluding hydrogens is 655 g/mol. The summed E-state index contributed by atoms with van der Waals surface area (Å²) >= 11 is -0.225. The van der Waals surface area contributed by atoms with Crippen molar-refractivity contribution in [3.63, 3.8) is 0 Å². The standard InChI is InChI=1S/C31H33F3N4O2S.CH5N.ClH.2H3N.H2O.4H2/c32-31(33,34)41-28-12-10-24(11-13-28)36-30(40)21-29(39)22-6-8-23(9-7-22)35-25-18-26(37-14-2-1-3-15-37)20-27(19-25)38-16-4-5-17-38;1-2;;;;;;;;/h6-13,18-20,35H,1-5,14-17,21H2,(H,36,40);2H2,1H3;1H;2*1H3;1H2;4*1H. The number of hydrogen-bond acceptors (Lipinski definition) is 9. The van der Waals surface area contributed by atoms with Gasteiger partial charge in [0.1, 0.15) is 0 Å². The minimum Gasteiger partial charge on any atom is -0.412 e. The average molecular weight is 710 g/mol. The van der Waals surface area contributed by atoms with E-state index in [1.165, 1.54) is 74.8 Å². The number of amides is 1. The third-order valence-electron chi connectivity index (χ3n) is 7.28. The minimum absolute atomic E-state index is 0. The van der Waals surface area contributed by atoms with Crippen molar-refractivity contribution in [3.8, 4) is 0 Å². The number of carbonyl (C=O) groups excluding carboxylic acids is 2. The van der Waals surface area contributed by atoms with Crippen molar-refractivity contribution in [1.82, 2.24) is 12.3 Å². The molecule has 0 spiro atoms. The minimum atomic E-state index is -4.38. The highest BCUT2D eigenvalue weighted by atomic mass is 35.5. The zero-order chi connectivity index (χ0) is 30.8. The molecule has 1 amide bonds. The van der Waals surface area contributed by atoms with Crippen molar-refractivity contribution in [1.29, 1.82) is 0 Å². The number of hydrogen-bond donors (Lipinski definition) is 5. The Balaban J connectivity index is -0.000000693. The molecule has 15 heteroatoms. The van der Waals surface area contributed by atoms with Crippen LogP contribution in [0, 0.1) is 0 Å². The van der Waals surface area contributed by atoms with E-state index in [0.29, 0.717) is 11.3 Å². The summed E-state index contributed by atoms with van der Waals surface area (Å²) in [5.74, 6) is -0.876. The molecule has 47 heavy (non-hydrogen) atoms. The number of nitrogens with one attached hydrogen (secondary N) is 2. The third-order valence-corrected chi connectivity index (χ3v) is 8.02. The lowest BCUT2D eigenvalue weighted by molar-refractivity contribution is -0.115. The van der Waals surface area contributed by atoms with Gasteiger partial charge in [-0.3, -0.25) is 9.59 Å².